The molecule has 0 fully saturated rings. The van der Waals surface area contributed by atoms with E-state index in [0.29, 0.717) is 12.0 Å². The predicted octanol–water partition coefficient (Wildman–Crippen LogP) is 4.67. The largest absolute Gasteiger partial charge is 0.371 e. The minimum Gasteiger partial charge on any atom is -0.371 e. The van der Waals surface area contributed by atoms with Gasteiger partial charge in [-0.15, -0.1) is 11.3 Å². The summed E-state index contributed by atoms with van der Waals surface area (Å²) in [7, 11) is 0. The summed E-state index contributed by atoms with van der Waals surface area (Å²) in [6.07, 6.45) is 0.105. The minimum atomic E-state index is 0.0660. The van der Waals surface area contributed by atoms with E-state index < -0.39 is 0 Å². The van der Waals surface area contributed by atoms with Crippen LogP contribution in [-0.2, 0) is 16.7 Å². The lowest BCUT2D eigenvalue weighted by molar-refractivity contribution is 0.0291. The highest BCUT2D eigenvalue weighted by atomic mass is 32.1. The molecule has 1 atom stereocenters. The number of nitrogens with zero attached hydrogens (tertiary/aromatic N) is 1. The van der Waals surface area contributed by atoms with Crippen LogP contribution in [0.5, 0.6) is 0 Å². The molecule has 0 aliphatic carbocycles. The summed E-state index contributed by atoms with van der Waals surface area (Å²) in [6, 6.07) is 0.483. The summed E-state index contributed by atoms with van der Waals surface area (Å²) in [5.41, 5.74) is 1.28. The maximum Gasteiger partial charge on any atom is 0.122 e. The van der Waals surface area contributed by atoms with Crippen LogP contribution in [0.25, 0.3) is 0 Å². The molecule has 0 aliphatic rings. The number of thiazole rings is 1. The fourth-order valence-electron chi connectivity index (χ4n) is 2.22. The average Bonchev–Trinajstić information content (AvgIpc) is 2.76. The lowest BCUT2D eigenvalue weighted by atomic mass is 9.91. The highest BCUT2D eigenvalue weighted by Crippen LogP contribution is 2.35. The molecule has 122 valence electrons. The van der Waals surface area contributed by atoms with Gasteiger partial charge in [-0.2, -0.15) is 0 Å². The molecule has 0 saturated carbocycles. The maximum absolute atomic E-state index is 5.92. The molecule has 0 amide bonds. The molecule has 1 rings (SSSR count). The third-order valence-corrected chi connectivity index (χ3v) is 4.41. The monoisotopic (exact) mass is 312 g/mol. The number of rotatable bonds is 7. The van der Waals surface area contributed by atoms with Gasteiger partial charge in [-0.1, -0.05) is 48.5 Å². The Morgan fingerprint density at radius 2 is 1.81 bits per heavy atom. The van der Waals surface area contributed by atoms with Gasteiger partial charge in [0.2, 0.25) is 0 Å². The van der Waals surface area contributed by atoms with Crippen LogP contribution in [0.1, 0.15) is 77.1 Å². The smallest absolute Gasteiger partial charge is 0.122 e. The van der Waals surface area contributed by atoms with E-state index in [4.69, 9.17) is 9.72 Å². The van der Waals surface area contributed by atoms with Crippen LogP contribution in [-0.4, -0.2) is 17.6 Å². The molecule has 0 saturated heterocycles. The zero-order chi connectivity index (χ0) is 16.2. The molecule has 0 radical (unpaired) electrons. The topological polar surface area (TPSA) is 34.1 Å². The first-order valence-corrected chi connectivity index (χ1v) is 8.83. The molecule has 1 aromatic heterocycles. The van der Waals surface area contributed by atoms with E-state index in [9.17, 15) is 0 Å². The second-order valence-corrected chi connectivity index (χ2v) is 8.34. The summed E-state index contributed by atoms with van der Waals surface area (Å²) in [4.78, 5) is 6.30. The number of ether oxygens (including phenoxy) is 1. The van der Waals surface area contributed by atoms with Crippen molar-refractivity contribution in [2.75, 3.05) is 6.61 Å². The quantitative estimate of drug-likeness (QED) is 0.794. The fraction of sp³-hybridized carbons (Fsp3) is 0.824. The van der Waals surface area contributed by atoms with Gasteiger partial charge in [0.15, 0.2) is 0 Å². The average molecular weight is 313 g/mol. The minimum absolute atomic E-state index is 0.0660. The van der Waals surface area contributed by atoms with Gasteiger partial charge in [0.1, 0.15) is 11.1 Å². The SMILES string of the molecule is CCOC(c1nc(C(C)(C)C)c(CNC(C)C)s1)C(C)C. The molecule has 1 aromatic rings. The van der Waals surface area contributed by atoms with Gasteiger partial charge in [-0.3, -0.25) is 0 Å². The predicted molar refractivity (Wildman–Crippen MR) is 92.0 cm³/mol. The van der Waals surface area contributed by atoms with Crippen molar-refractivity contribution in [2.24, 2.45) is 5.92 Å². The molecular weight excluding hydrogens is 280 g/mol. The molecule has 1 N–H and O–H groups in total. The Bertz CT molecular complexity index is 432. The van der Waals surface area contributed by atoms with Crippen LogP contribution in [0.4, 0.5) is 0 Å². The second kappa shape index (κ2) is 7.70. The Hall–Kier alpha value is -0.450. The molecule has 1 heterocycles. The Kier molecular flexibility index (Phi) is 6.82. The number of aromatic nitrogens is 1. The van der Waals surface area contributed by atoms with Crippen molar-refractivity contribution in [3.8, 4) is 0 Å². The summed E-state index contributed by atoms with van der Waals surface area (Å²) in [6.45, 7) is 19.1. The Labute approximate surface area is 134 Å². The number of hydrogen-bond donors (Lipinski definition) is 1. The van der Waals surface area contributed by atoms with E-state index in [1.165, 1.54) is 10.6 Å². The summed E-state index contributed by atoms with van der Waals surface area (Å²) in [5.74, 6) is 0.440. The number of hydrogen-bond acceptors (Lipinski definition) is 4. The van der Waals surface area contributed by atoms with Crippen LogP contribution in [0, 0.1) is 5.92 Å². The van der Waals surface area contributed by atoms with Crippen LogP contribution in [0.2, 0.25) is 0 Å². The first-order chi connectivity index (χ1) is 9.66. The van der Waals surface area contributed by atoms with Crippen LogP contribution in [0.15, 0.2) is 0 Å². The molecule has 4 heteroatoms. The Morgan fingerprint density at radius 3 is 2.24 bits per heavy atom. The van der Waals surface area contributed by atoms with Crippen LogP contribution < -0.4 is 5.32 Å². The lowest BCUT2D eigenvalue weighted by Crippen LogP contribution is -2.23. The molecule has 0 spiro atoms. The van der Waals surface area contributed by atoms with Crippen molar-refractivity contribution in [3.63, 3.8) is 0 Å². The molecule has 3 nitrogen and oxygen atoms in total. The zero-order valence-corrected chi connectivity index (χ0v) is 15.7. The van der Waals surface area contributed by atoms with Gasteiger partial charge in [0.25, 0.3) is 0 Å². The van der Waals surface area contributed by atoms with Crippen molar-refractivity contribution >= 4 is 11.3 Å². The highest BCUT2D eigenvalue weighted by molar-refractivity contribution is 7.11. The highest BCUT2D eigenvalue weighted by Gasteiger charge is 2.27. The van der Waals surface area contributed by atoms with Gasteiger partial charge < -0.3 is 10.1 Å². The van der Waals surface area contributed by atoms with E-state index in [0.717, 1.165) is 18.2 Å². The summed E-state index contributed by atoms with van der Waals surface area (Å²) >= 11 is 1.81. The first-order valence-electron chi connectivity index (χ1n) is 8.01. The zero-order valence-electron chi connectivity index (χ0n) is 14.9. The lowest BCUT2D eigenvalue weighted by Gasteiger charge is -2.19. The molecule has 21 heavy (non-hydrogen) atoms. The number of nitrogens with one attached hydrogen (secondary N) is 1. The van der Waals surface area contributed by atoms with Crippen molar-refractivity contribution in [3.05, 3.63) is 15.6 Å². The normalized spacial score (nSPS) is 14.2. The molecule has 1 unspecified atom stereocenters. The van der Waals surface area contributed by atoms with E-state index >= 15 is 0 Å². The summed E-state index contributed by atoms with van der Waals surface area (Å²) < 4.78 is 5.92. The van der Waals surface area contributed by atoms with Crippen molar-refractivity contribution < 1.29 is 4.74 Å². The van der Waals surface area contributed by atoms with Gasteiger partial charge >= 0.3 is 0 Å². The Balaban J connectivity index is 3.12. The second-order valence-electron chi connectivity index (χ2n) is 7.23. The van der Waals surface area contributed by atoms with Crippen molar-refractivity contribution in [2.45, 2.75) is 79.5 Å². The van der Waals surface area contributed by atoms with Gasteiger partial charge in [-0.05, 0) is 12.8 Å². The van der Waals surface area contributed by atoms with E-state index in [2.05, 4.69) is 60.7 Å². The molecular formula is C17H32N2OS. The third kappa shape index (κ3) is 5.35. The standard InChI is InChI=1S/C17H32N2OS/c1-9-20-14(11(2)3)16-19-15(17(6,7)8)13(21-16)10-18-12(4)5/h11-12,14,18H,9-10H2,1-8H3. The van der Waals surface area contributed by atoms with Crippen molar-refractivity contribution in [1.82, 2.24) is 10.3 Å². The third-order valence-electron chi connectivity index (χ3n) is 3.29. The van der Waals surface area contributed by atoms with Crippen molar-refractivity contribution in [1.29, 1.82) is 0 Å². The van der Waals surface area contributed by atoms with E-state index in [-0.39, 0.29) is 11.5 Å². The van der Waals surface area contributed by atoms with Crippen LogP contribution in [0.3, 0.4) is 0 Å². The van der Waals surface area contributed by atoms with Gasteiger partial charge in [0, 0.05) is 29.5 Å². The molecule has 0 aliphatic heterocycles. The van der Waals surface area contributed by atoms with Gasteiger partial charge in [-0.25, -0.2) is 4.98 Å². The Morgan fingerprint density at radius 1 is 1.19 bits per heavy atom. The van der Waals surface area contributed by atoms with Gasteiger partial charge in [0.05, 0.1) is 5.69 Å². The van der Waals surface area contributed by atoms with E-state index in [1.54, 1.807) is 11.3 Å². The molecule has 0 aromatic carbocycles. The maximum atomic E-state index is 5.92. The fourth-order valence-corrected chi connectivity index (χ4v) is 3.67. The van der Waals surface area contributed by atoms with E-state index in [1.807, 2.05) is 0 Å². The molecule has 0 bridgehead atoms. The first kappa shape index (κ1) is 18.6. The summed E-state index contributed by atoms with van der Waals surface area (Å²) in [5, 5.41) is 4.64. The van der Waals surface area contributed by atoms with Crippen LogP contribution >= 0.6 is 11.3 Å².